The van der Waals surface area contributed by atoms with Crippen LogP contribution in [0.4, 0.5) is 0 Å². The predicted octanol–water partition coefficient (Wildman–Crippen LogP) is 4.16. The van der Waals surface area contributed by atoms with Crippen molar-refractivity contribution in [2.75, 3.05) is 0 Å². The van der Waals surface area contributed by atoms with Crippen LogP contribution in [0.5, 0.6) is 0 Å². The highest BCUT2D eigenvalue weighted by atomic mass is 14.8. The summed E-state index contributed by atoms with van der Waals surface area (Å²) in [7, 11) is 0. The molecule has 2 aliphatic carbocycles. The Morgan fingerprint density at radius 2 is 1.73 bits per heavy atom. The van der Waals surface area contributed by atoms with Crippen LogP contribution in [0.2, 0.25) is 0 Å². The Labute approximate surface area is 92.0 Å². The van der Waals surface area contributed by atoms with Crippen molar-refractivity contribution in [3.63, 3.8) is 0 Å². The van der Waals surface area contributed by atoms with Gasteiger partial charge in [0.05, 0.1) is 5.70 Å². The average Bonchev–Trinajstić information content (AvgIpc) is 2.51. The van der Waals surface area contributed by atoms with Crippen LogP contribution >= 0.6 is 0 Å². The van der Waals surface area contributed by atoms with Gasteiger partial charge in [-0.25, -0.2) is 0 Å². The summed E-state index contributed by atoms with van der Waals surface area (Å²) in [6, 6.07) is 0. The van der Waals surface area contributed by atoms with Crippen molar-refractivity contribution in [3.05, 3.63) is 22.4 Å². The standard InChI is InChI=1S/C14H19N/c1-2-6-11-10-12-7-4-5-9-15-14(12)13(11)8-3-1/h9H,1-8,10H2. The SMILES string of the molecule is C1=NC2=C(CCC1)CC1=C2CCCCC1. The number of rotatable bonds is 0. The van der Waals surface area contributed by atoms with Crippen LogP contribution in [-0.2, 0) is 0 Å². The number of nitrogens with zero attached hydrogens (tertiary/aromatic N) is 1. The minimum Gasteiger partial charge on any atom is -0.261 e. The molecule has 1 aliphatic heterocycles. The van der Waals surface area contributed by atoms with Crippen molar-refractivity contribution in [1.82, 2.24) is 0 Å². The van der Waals surface area contributed by atoms with Gasteiger partial charge in [0.2, 0.25) is 0 Å². The Morgan fingerprint density at radius 1 is 0.867 bits per heavy atom. The Morgan fingerprint density at radius 3 is 2.73 bits per heavy atom. The summed E-state index contributed by atoms with van der Waals surface area (Å²) in [6.45, 7) is 0. The highest BCUT2D eigenvalue weighted by Gasteiger charge is 2.25. The number of hydrogen-bond donors (Lipinski definition) is 0. The van der Waals surface area contributed by atoms with E-state index < -0.39 is 0 Å². The zero-order valence-electron chi connectivity index (χ0n) is 9.39. The zero-order chi connectivity index (χ0) is 10.1. The molecule has 3 aliphatic rings. The maximum Gasteiger partial charge on any atom is 0.0652 e. The molecule has 0 fully saturated rings. The largest absolute Gasteiger partial charge is 0.261 e. The molecule has 0 saturated carbocycles. The third kappa shape index (κ3) is 1.68. The molecular weight excluding hydrogens is 182 g/mol. The lowest BCUT2D eigenvalue weighted by atomic mass is 10.0. The highest BCUT2D eigenvalue weighted by Crippen LogP contribution is 2.42. The molecule has 0 aromatic heterocycles. The smallest absolute Gasteiger partial charge is 0.0652 e. The quantitative estimate of drug-likeness (QED) is 0.558. The Balaban J connectivity index is 1.94. The fourth-order valence-electron chi connectivity index (χ4n) is 3.12. The molecule has 0 unspecified atom stereocenters. The fourth-order valence-corrected chi connectivity index (χ4v) is 3.12. The van der Waals surface area contributed by atoms with E-state index in [1.165, 1.54) is 63.5 Å². The van der Waals surface area contributed by atoms with Gasteiger partial charge in [-0.3, -0.25) is 4.99 Å². The molecule has 80 valence electrons. The van der Waals surface area contributed by atoms with Gasteiger partial charge in [0.15, 0.2) is 0 Å². The number of hydrogen-bond acceptors (Lipinski definition) is 1. The van der Waals surface area contributed by atoms with Gasteiger partial charge in [0.25, 0.3) is 0 Å². The van der Waals surface area contributed by atoms with Crippen LogP contribution in [0.15, 0.2) is 27.4 Å². The summed E-state index contributed by atoms with van der Waals surface area (Å²) >= 11 is 0. The molecule has 0 saturated heterocycles. The molecule has 15 heavy (non-hydrogen) atoms. The molecule has 0 spiro atoms. The minimum absolute atomic E-state index is 1.18. The Bertz CT molecular complexity index is 358. The maximum absolute atomic E-state index is 4.71. The fraction of sp³-hybridized carbons (Fsp3) is 0.643. The van der Waals surface area contributed by atoms with Crippen LogP contribution < -0.4 is 0 Å². The first-order valence-corrected chi connectivity index (χ1v) is 6.41. The molecule has 0 bridgehead atoms. The molecule has 0 N–H and O–H groups in total. The van der Waals surface area contributed by atoms with Crippen molar-refractivity contribution < 1.29 is 0 Å². The van der Waals surface area contributed by atoms with Gasteiger partial charge in [-0.2, -0.15) is 0 Å². The van der Waals surface area contributed by atoms with Crippen LogP contribution in [0.25, 0.3) is 0 Å². The van der Waals surface area contributed by atoms with Crippen molar-refractivity contribution in [3.8, 4) is 0 Å². The van der Waals surface area contributed by atoms with E-state index in [0.717, 1.165) is 0 Å². The average molecular weight is 201 g/mol. The molecule has 0 amide bonds. The number of aliphatic imine (C=N–C) groups is 1. The van der Waals surface area contributed by atoms with E-state index in [9.17, 15) is 0 Å². The number of allylic oxidation sites excluding steroid dienone is 3. The van der Waals surface area contributed by atoms with Crippen molar-refractivity contribution in [2.24, 2.45) is 4.99 Å². The summed E-state index contributed by atoms with van der Waals surface area (Å²) in [5.74, 6) is 0. The van der Waals surface area contributed by atoms with Crippen molar-refractivity contribution in [2.45, 2.75) is 57.8 Å². The van der Waals surface area contributed by atoms with Gasteiger partial charge in [-0.1, -0.05) is 12.0 Å². The first kappa shape index (κ1) is 9.38. The lowest BCUT2D eigenvalue weighted by molar-refractivity contribution is 0.697. The van der Waals surface area contributed by atoms with E-state index in [1.807, 2.05) is 0 Å². The van der Waals surface area contributed by atoms with Crippen LogP contribution in [0, 0.1) is 0 Å². The van der Waals surface area contributed by atoms with E-state index in [0.29, 0.717) is 0 Å². The van der Waals surface area contributed by atoms with Crippen LogP contribution in [-0.4, -0.2) is 6.21 Å². The Kier molecular flexibility index (Phi) is 2.47. The summed E-state index contributed by atoms with van der Waals surface area (Å²) in [6.07, 6.45) is 14.0. The summed E-state index contributed by atoms with van der Waals surface area (Å²) in [5.41, 5.74) is 6.43. The normalized spacial score (nSPS) is 26.1. The van der Waals surface area contributed by atoms with Crippen LogP contribution in [0.3, 0.4) is 0 Å². The summed E-state index contributed by atoms with van der Waals surface area (Å²) in [4.78, 5) is 4.71. The number of fused-ring (bicyclic) bond motifs is 1. The van der Waals surface area contributed by atoms with Gasteiger partial charge in [0, 0.05) is 6.21 Å². The van der Waals surface area contributed by atoms with E-state index >= 15 is 0 Å². The van der Waals surface area contributed by atoms with E-state index in [-0.39, 0.29) is 0 Å². The second-order valence-corrected chi connectivity index (χ2v) is 4.98. The molecule has 1 heteroatoms. The highest BCUT2D eigenvalue weighted by molar-refractivity contribution is 5.63. The third-order valence-corrected chi connectivity index (χ3v) is 3.91. The van der Waals surface area contributed by atoms with Gasteiger partial charge >= 0.3 is 0 Å². The van der Waals surface area contributed by atoms with Gasteiger partial charge < -0.3 is 0 Å². The molecule has 1 heterocycles. The lowest BCUT2D eigenvalue weighted by Crippen LogP contribution is -1.86. The zero-order valence-corrected chi connectivity index (χ0v) is 9.39. The Hall–Kier alpha value is -0.850. The maximum atomic E-state index is 4.71. The van der Waals surface area contributed by atoms with Gasteiger partial charge in [-0.15, -0.1) is 0 Å². The summed E-state index contributed by atoms with van der Waals surface area (Å²) in [5, 5.41) is 0. The molecule has 0 atom stereocenters. The van der Waals surface area contributed by atoms with Crippen LogP contribution in [0.1, 0.15) is 57.8 Å². The van der Waals surface area contributed by atoms with E-state index in [1.54, 1.807) is 16.7 Å². The summed E-state index contributed by atoms with van der Waals surface area (Å²) < 4.78 is 0. The topological polar surface area (TPSA) is 12.4 Å². The van der Waals surface area contributed by atoms with Gasteiger partial charge in [0.1, 0.15) is 0 Å². The second kappa shape index (κ2) is 3.96. The molecule has 0 aromatic rings. The van der Waals surface area contributed by atoms with Gasteiger partial charge in [-0.05, 0) is 62.5 Å². The van der Waals surface area contributed by atoms with E-state index in [4.69, 9.17) is 4.99 Å². The molecule has 0 aromatic carbocycles. The first-order chi connectivity index (χ1) is 7.45. The third-order valence-electron chi connectivity index (χ3n) is 3.91. The monoisotopic (exact) mass is 201 g/mol. The molecule has 3 rings (SSSR count). The van der Waals surface area contributed by atoms with Crippen molar-refractivity contribution in [1.29, 1.82) is 0 Å². The lowest BCUT2D eigenvalue weighted by Gasteiger charge is -2.04. The van der Waals surface area contributed by atoms with Crippen molar-refractivity contribution >= 4 is 6.21 Å². The predicted molar refractivity (Wildman–Crippen MR) is 64.1 cm³/mol. The minimum atomic E-state index is 1.18. The van der Waals surface area contributed by atoms with E-state index in [2.05, 4.69) is 6.21 Å². The second-order valence-electron chi connectivity index (χ2n) is 4.98. The first-order valence-electron chi connectivity index (χ1n) is 6.41. The molecular formula is C14H19N. The molecule has 1 nitrogen and oxygen atoms in total. The molecule has 0 radical (unpaired) electrons.